The molecule has 6 heteroatoms. The van der Waals surface area contributed by atoms with Gasteiger partial charge >= 0.3 is 11.9 Å². The number of ether oxygens (including phenoxy) is 2. The van der Waals surface area contributed by atoms with E-state index in [0.717, 1.165) is 6.08 Å². The second kappa shape index (κ2) is 6.94. The molecule has 102 valence electrons. The van der Waals surface area contributed by atoms with Crippen molar-refractivity contribution >= 4 is 33.9 Å². The molecule has 0 aromatic heterocycles. The van der Waals surface area contributed by atoms with Gasteiger partial charge in [-0.1, -0.05) is 12.1 Å². The standard InChI is InChI=1S/C13H13BrO5/c1-8(13(17)18-2)19-12-9(6-7-11(15)16)4-3-5-10(12)14/h3-8H,1-2H3,(H,15,16). The molecule has 19 heavy (non-hydrogen) atoms. The van der Waals surface area contributed by atoms with Gasteiger partial charge in [-0.15, -0.1) is 0 Å². The quantitative estimate of drug-likeness (QED) is 0.664. The van der Waals surface area contributed by atoms with Crippen LogP contribution in [0, 0.1) is 0 Å². The maximum absolute atomic E-state index is 11.3. The highest BCUT2D eigenvalue weighted by molar-refractivity contribution is 9.10. The third-order valence-corrected chi connectivity index (χ3v) is 2.86. The lowest BCUT2D eigenvalue weighted by atomic mass is 10.2. The van der Waals surface area contributed by atoms with Crippen LogP contribution in [0.25, 0.3) is 6.08 Å². The number of carboxylic acid groups (broad SMARTS) is 1. The number of hydrogen-bond acceptors (Lipinski definition) is 4. The molecular formula is C13H13BrO5. The van der Waals surface area contributed by atoms with Gasteiger partial charge in [-0.25, -0.2) is 9.59 Å². The monoisotopic (exact) mass is 328 g/mol. The first kappa shape index (κ1) is 15.2. The Kier molecular flexibility index (Phi) is 5.57. The number of para-hydroxylation sites is 1. The largest absolute Gasteiger partial charge is 0.478 e. The fourth-order valence-corrected chi connectivity index (χ4v) is 1.81. The number of carbonyl (C=O) groups is 2. The predicted molar refractivity (Wildman–Crippen MR) is 72.9 cm³/mol. The maximum Gasteiger partial charge on any atom is 0.346 e. The van der Waals surface area contributed by atoms with E-state index in [4.69, 9.17) is 9.84 Å². The van der Waals surface area contributed by atoms with E-state index in [0.29, 0.717) is 15.8 Å². The Bertz CT molecular complexity index is 510. The highest BCUT2D eigenvalue weighted by Crippen LogP contribution is 2.31. The van der Waals surface area contributed by atoms with Gasteiger partial charge in [0, 0.05) is 11.6 Å². The third kappa shape index (κ3) is 4.40. The molecule has 0 bridgehead atoms. The van der Waals surface area contributed by atoms with Crippen molar-refractivity contribution in [3.8, 4) is 5.75 Å². The molecule has 0 heterocycles. The molecule has 0 saturated heterocycles. The molecule has 0 aliphatic rings. The van der Waals surface area contributed by atoms with Crippen LogP contribution in [0.5, 0.6) is 5.75 Å². The lowest BCUT2D eigenvalue weighted by molar-refractivity contribution is -0.148. The van der Waals surface area contributed by atoms with E-state index in [1.54, 1.807) is 25.1 Å². The van der Waals surface area contributed by atoms with E-state index >= 15 is 0 Å². The fraction of sp³-hybridized carbons (Fsp3) is 0.231. The highest BCUT2D eigenvalue weighted by Gasteiger charge is 2.17. The first-order valence-corrected chi connectivity index (χ1v) is 6.19. The second-order valence-corrected chi connectivity index (χ2v) is 4.47. The number of methoxy groups -OCH3 is 1. The molecule has 1 aromatic rings. The number of carboxylic acids is 1. The molecule has 0 radical (unpaired) electrons. The van der Waals surface area contributed by atoms with Crippen molar-refractivity contribution < 1.29 is 24.2 Å². The minimum atomic E-state index is -1.06. The van der Waals surface area contributed by atoms with Gasteiger partial charge in [0.15, 0.2) is 6.10 Å². The average Bonchev–Trinajstić information content (AvgIpc) is 2.38. The van der Waals surface area contributed by atoms with Crippen LogP contribution in [-0.2, 0) is 14.3 Å². The normalized spacial score (nSPS) is 12.2. The molecule has 0 spiro atoms. The molecule has 1 rings (SSSR count). The summed E-state index contributed by atoms with van der Waals surface area (Å²) in [5.41, 5.74) is 0.549. The number of rotatable bonds is 5. The zero-order chi connectivity index (χ0) is 14.4. The summed E-state index contributed by atoms with van der Waals surface area (Å²) in [5.74, 6) is -1.19. The van der Waals surface area contributed by atoms with E-state index in [1.165, 1.54) is 13.2 Å². The number of aliphatic carboxylic acids is 1. The summed E-state index contributed by atoms with van der Waals surface area (Å²) >= 11 is 3.30. The lowest BCUT2D eigenvalue weighted by Crippen LogP contribution is -2.25. The minimum Gasteiger partial charge on any atom is -0.478 e. The third-order valence-electron chi connectivity index (χ3n) is 2.23. The Labute approximate surface area is 119 Å². The highest BCUT2D eigenvalue weighted by atomic mass is 79.9. The van der Waals surface area contributed by atoms with Gasteiger partial charge in [-0.2, -0.15) is 0 Å². The summed E-state index contributed by atoms with van der Waals surface area (Å²) in [6.07, 6.45) is 1.60. The van der Waals surface area contributed by atoms with E-state index in [1.807, 2.05) is 0 Å². The summed E-state index contributed by atoms with van der Waals surface area (Å²) in [4.78, 5) is 21.9. The van der Waals surface area contributed by atoms with Gasteiger partial charge in [0.2, 0.25) is 0 Å². The summed E-state index contributed by atoms with van der Waals surface area (Å²) in [6, 6.07) is 5.16. The molecule has 5 nitrogen and oxygen atoms in total. The molecule has 1 aromatic carbocycles. The number of carbonyl (C=O) groups excluding carboxylic acids is 1. The Morgan fingerprint density at radius 3 is 2.68 bits per heavy atom. The van der Waals surface area contributed by atoms with Gasteiger partial charge < -0.3 is 14.6 Å². The van der Waals surface area contributed by atoms with Gasteiger partial charge in [0.1, 0.15) is 5.75 Å². The maximum atomic E-state index is 11.3. The predicted octanol–water partition coefficient (Wildman–Crippen LogP) is 2.49. The van der Waals surface area contributed by atoms with Crippen LogP contribution >= 0.6 is 15.9 Å². The molecule has 0 aliphatic heterocycles. The topological polar surface area (TPSA) is 72.8 Å². The molecule has 1 unspecified atom stereocenters. The minimum absolute atomic E-state index is 0.387. The van der Waals surface area contributed by atoms with Gasteiger partial charge in [0.05, 0.1) is 11.6 Å². The number of halogens is 1. The van der Waals surface area contributed by atoms with Crippen molar-refractivity contribution in [2.45, 2.75) is 13.0 Å². The molecule has 0 amide bonds. The van der Waals surface area contributed by atoms with Gasteiger partial charge in [0.25, 0.3) is 0 Å². The zero-order valence-corrected chi connectivity index (χ0v) is 12.0. The van der Waals surface area contributed by atoms with E-state index in [9.17, 15) is 9.59 Å². The number of hydrogen-bond donors (Lipinski definition) is 1. The Hall–Kier alpha value is -1.82. The molecule has 0 saturated carbocycles. The SMILES string of the molecule is COC(=O)C(C)Oc1c(Br)cccc1C=CC(=O)O. The van der Waals surface area contributed by atoms with Crippen molar-refractivity contribution in [3.63, 3.8) is 0 Å². The molecular weight excluding hydrogens is 316 g/mol. The van der Waals surface area contributed by atoms with Gasteiger partial charge in [-0.05, 0) is 35.0 Å². The van der Waals surface area contributed by atoms with Crippen LogP contribution in [0.15, 0.2) is 28.7 Å². The van der Waals surface area contributed by atoms with Crippen molar-refractivity contribution in [3.05, 3.63) is 34.3 Å². The Balaban J connectivity index is 3.04. The first-order chi connectivity index (χ1) is 8.95. The molecule has 0 fully saturated rings. The van der Waals surface area contributed by atoms with Crippen LogP contribution in [0.2, 0.25) is 0 Å². The molecule has 1 atom stereocenters. The number of benzene rings is 1. The van der Waals surface area contributed by atoms with E-state index in [2.05, 4.69) is 20.7 Å². The van der Waals surface area contributed by atoms with Crippen LogP contribution < -0.4 is 4.74 Å². The van der Waals surface area contributed by atoms with Crippen molar-refractivity contribution in [2.75, 3.05) is 7.11 Å². The number of esters is 1. The first-order valence-electron chi connectivity index (χ1n) is 5.39. The van der Waals surface area contributed by atoms with Crippen molar-refractivity contribution in [2.24, 2.45) is 0 Å². The Morgan fingerprint density at radius 1 is 1.42 bits per heavy atom. The van der Waals surface area contributed by atoms with Crippen LogP contribution in [-0.4, -0.2) is 30.3 Å². The molecule has 1 N–H and O–H groups in total. The smallest absolute Gasteiger partial charge is 0.346 e. The summed E-state index contributed by atoms with van der Waals surface area (Å²) in [5, 5.41) is 8.63. The van der Waals surface area contributed by atoms with Gasteiger partial charge in [-0.3, -0.25) is 0 Å². The van der Waals surface area contributed by atoms with Crippen molar-refractivity contribution in [1.29, 1.82) is 0 Å². The van der Waals surface area contributed by atoms with Crippen LogP contribution in [0.3, 0.4) is 0 Å². The summed E-state index contributed by atoms with van der Waals surface area (Å²) in [6.45, 7) is 1.55. The molecule has 0 aliphatic carbocycles. The fourth-order valence-electron chi connectivity index (χ4n) is 1.33. The Morgan fingerprint density at radius 2 is 2.11 bits per heavy atom. The second-order valence-electron chi connectivity index (χ2n) is 3.61. The van der Waals surface area contributed by atoms with Crippen molar-refractivity contribution in [1.82, 2.24) is 0 Å². The van der Waals surface area contributed by atoms with Crippen LogP contribution in [0.4, 0.5) is 0 Å². The van der Waals surface area contributed by atoms with Crippen LogP contribution in [0.1, 0.15) is 12.5 Å². The van der Waals surface area contributed by atoms with E-state index in [-0.39, 0.29) is 0 Å². The average molecular weight is 329 g/mol. The summed E-state index contributed by atoms with van der Waals surface area (Å²) < 4.78 is 10.7. The summed E-state index contributed by atoms with van der Waals surface area (Å²) in [7, 11) is 1.27. The lowest BCUT2D eigenvalue weighted by Gasteiger charge is -2.15. The zero-order valence-electron chi connectivity index (χ0n) is 10.4. The van der Waals surface area contributed by atoms with E-state index < -0.39 is 18.0 Å².